The highest BCUT2D eigenvalue weighted by molar-refractivity contribution is 5.99. The molecule has 2 rings (SSSR count). The molecule has 8 heteroatoms. The number of nitrogens with zero attached hydrogens (tertiary/aromatic N) is 2. The van der Waals surface area contributed by atoms with Gasteiger partial charge in [-0.25, -0.2) is 4.98 Å². The molecule has 1 aliphatic heterocycles. The van der Waals surface area contributed by atoms with Crippen molar-refractivity contribution in [1.82, 2.24) is 15.2 Å². The summed E-state index contributed by atoms with van der Waals surface area (Å²) in [5.41, 5.74) is 0.230. The standard InChI is InChI=1S/C20H29N3O5/c1-5-14(6-2)11-17(24)23-9-10-28-15(13-23)12-22-19(25)18-16(26-3)7-8-21-20(18)27-4/h5,7-8,14-15H,1,6,9-13H2,2-4H3,(H,22,25). The van der Waals surface area contributed by atoms with Crippen LogP contribution in [0, 0.1) is 5.92 Å². The lowest BCUT2D eigenvalue weighted by molar-refractivity contribution is -0.139. The van der Waals surface area contributed by atoms with Crippen molar-refractivity contribution in [3.05, 3.63) is 30.5 Å². The van der Waals surface area contributed by atoms with E-state index >= 15 is 0 Å². The third kappa shape index (κ3) is 5.45. The number of methoxy groups -OCH3 is 2. The number of rotatable bonds is 9. The number of carbonyl (C=O) groups is 2. The molecule has 1 saturated heterocycles. The Morgan fingerprint density at radius 1 is 1.46 bits per heavy atom. The van der Waals surface area contributed by atoms with Crippen LogP contribution in [0.3, 0.4) is 0 Å². The predicted octanol–water partition coefficient (Wildman–Crippen LogP) is 1.66. The van der Waals surface area contributed by atoms with Crippen molar-refractivity contribution in [3.63, 3.8) is 0 Å². The molecule has 1 aromatic heterocycles. The fraction of sp³-hybridized carbons (Fsp3) is 0.550. The Morgan fingerprint density at radius 2 is 2.25 bits per heavy atom. The molecule has 1 aliphatic rings. The van der Waals surface area contributed by atoms with Gasteiger partial charge in [0.2, 0.25) is 11.8 Å². The van der Waals surface area contributed by atoms with Gasteiger partial charge in [-0.2, -0.15) is 0 Å². The smallest absolute Gasteiger partial charge is 0.260 e. The minimum Gasteiger partial charge on any atom is -0.496 e. The summed E-state index contributed by atoms with van der Waals surface area (Å²) < 4.78 is 16.1. The third-order valence-electron chi connectivity index (χ3n) is 4.79. The zero-order chi connectivity index (χ0) is 20.5. The van der Waals surface area contributed by atoms with Crippen LogP contribution in [0.2, 0.25) is 0 Å². The molecule has 0 bridgehead atoms. The second kappa shape index (κ2) is 10.7. The van der Waals surface area contributed by atoms with E-state index in [4.69, 9.17) is 14.2 Å². The minimum atomic E-state index is -0.369. The van der Waals surface area contributed by atoms with Crippen molar-refractivity contribution in [3.8, 4) is 11.6 Å². The second-order valence-corrected chi connectivity index (χ2v) is 6.55. The fourth-order valence-electron chi connectivity index (χ4n) is 3.07. The van der Waals surface area contributed by atoms with Crippen molar-refractivity contribution < 1.29 is 23.8 Å². The number of pyridine rings is 1. The lowest BCUT2D eigenvalue weighted by Crippen LogP contribution is -2.49. The van der Waals surface area contributed by atoms with Crippen molar-refractivity contribution in [1.29, 1.82) is 0 Å². The maximum atomic E-state index is 12.6. The summed E-state index contributed by atoms with van der Waals surface area (Å²) in [4.78, 5) is 31.0. The number of allylic oxidation sites excluding steroid dienone is 1. The molecular weight excluding hydrogens is 362 g/mol. The summed E-state index contributed by atoms with van der Waals surface area (Å²) in [6, 6.07) is 1.60. The molecule has 1 aromatic rings. The van der Waals surface area contributed by atoms with Gasteiger partial charge in [0.25, 0.3) is 5.91 Å². The molecule has 0 radical (unpaired) electrons. The van der Waals surface area contributed by atoms with Gasteiger partial charge < -0.3 is 24.4 Å². The van der Waals surface area contributed by atoms with Crippen LogP contribution in [-0.4, -0.2) is 68.3 Å². The highest BCUT2D eigenvalue weighted by atomic mass is 16.5. The summed E-state index contributed by atoms with van der Waals surface area (Å²) in [6.07, 6.45) is 4.38. The molecular formula is C20H29N3O5. The molecule has 28 heavy (non-hydrogen) atoms. The zero-order valence-corrected chi connectivity index (χ0v) is 16.8. The summed E-state index contributed by atoms with van der Waals surface area (Å²) in [7, 11) is 2.92. The number of nitrogens with one attached hydrogen (secondary N) is 1. The number of hydrogen-bond donors (Lipinski definition) is 1. The quantitative estimate of drug-likeness (QED) is 0.644. The van der Waals surface area contributed by atoms with Crippen LogP contribution < -0.4 is 14.8 Å². The van der Waals surface area contributed by atoms with Gasteiger partial charge in [0.05, 0.1) is 26.9 Å². The van der Waals surface area contributed by atoms with Crippen LogP contribution in [0.4, 0.5) is 0 Å². The van der Waals surface area contributed by atoms with Gasteiger partial charge >= 0.3 is 0 Å². The SMILES string of the molecule is C=CC(CC)CC(=O)N1CCOC(CNC(=O)c2c(OC)ccnc2OC)C1. The van der Waals surface area contributed by atoms with Gasteiger partial charge in [-0.15, -0.1) is 6.58 Å². The van der Waals surface area contributed by atoms with E-state index in [-0.39, 0.29) is 41.8 Å². The maximum Gasteiger partial charge on any atom is 0.260 e. The van der Waals surface area contributed by atoms with Crippen LogP contribution in [0.5, 0.6) is 11.6 Å². The molecule has 0 aliphatic carbocycles. The molecule has 0 aromatic carbocycles. The molecule has 2 unspecified atom stereocenters. The van der Waals surface area contributed by atoms with E-state index in [1.165, 1.54) is 20.4 Å². The first-order chi connectivity index (χ1) is 13.5. The van der Waals surface area contributed by atoms with Crippen LogP contribution in [-0.2, 0) is 9.53 Å². The molecule has 0 saturated carbocycles. The molecule has 1 fully saturated rings. The predicted molar refractivity (Wildman–Crippen MR) is 105 cm³/mol. The molecule has 154 valence electrons. The number of hydrogen-bond acceptors (Lipinski definition) is 6. The highest BCUT2D eigenvalue weighted by Gasteiger charge is 2.26. The lowest BCUT2D eigenvalue weighted by Gasteiger charge is -2.33. The zero-order valence-electron chi connectivity index (χ0n) is 16.8. The van der Waals surface area contributed by atoms with Crippen molar-refractivity contribution >= 4 is 11.8 Å². The van der Waals surface area contributed by atoms with E-state index in [2.05, 4.69) is 16.9 Å². The van der Waals surface area contributed by atoms with Crippen molar-refractivity contribution in [2.45, 2.75) is 25.9 Å². The average Bonchev–Trinajstić information content (AvgIpc) is 2.75. The Balaban J connectivity index is 1.95. The summed E-state index contributed by atoms with van der Waals surface area (Å²) in [6.45, 7) is 7.52. The Morgan fingerprint density at radius 3 is 2.89 bits per heavy atom. The van der Waals surface area contributed by atoms with Gasteiger partial charge in [0.1, 0.15) is 11.3 Å². The molecule has 2 heterocycles. The van der Waals surface area contributed by atoms with Gasteiger partial charge in [0.15, 0.2) is 0 Å². The van der Waals surface area contributed by atoms with Gasteiger partial charge in [0, 0.05) is 32.3 Å². The van der Waals surface area contributed by atoms with Gasteiger partial charge in [-0.3, -0.25) is 9.59 Å². The average molecular weight is 391 g/mol. The lowest BCUT2D eigenvalue weighted by atomic mass is 10.0. The molecule has 8 nitrogen and oxygen atoms in total. The largest absolute Gasteiger partial charge is 0.496 e. The Bertz CT molecular complexity index is 672. The number of carbonyl (C=O) groups excluding carboxylic acids is 2. The van der Waals surface area contributed by atoms with Crippen LogP contribution in [0.1, 0.15) is 30.1 Å². The van der Waals surface area contributed by atoms with E-state index in [9.17, 15) is 9.59 Å². The Hall–Kier alpha value is -2.61. The topological polar surface area (TPSA) is 90.0 Å². The van der Waals surface area contributed by atoms with Crippen LogP contribution in [0.25, 0.3) is 0 Å². The van der Waals surface area contributed by atoms with Crippen molar-refractivity contribution in [2.24, 2.45) is 5.92 Å². The van der Waals surface area contributed by atoms with Crippen LogP contribution in [0.15, 0.2) is 24.9 Å². The van der Waals surface area contributed by atoms with Gasteiger partial charge in [-0.1, -0.05) is 13.0 Å². The summed E-state index contributed by atoms with van der Waals surface area (Å²) in [5, 5.41) is 2.82. The molecule has 0 spiro atoms. The fourth-order valence-corrected chi connectivity index (χ4v) is 3.07. The minimum absolute atomic E-state index is 0.0852. The summed E-state index contributed by atoms with van der Waals surface area (Å²) >= 11 is 0. The molecule has 2 amide bonds. The van der Waals surface area contributed by atoms with Gasteiger partial charge in [-0.05, 0) is 18.4 Å². The number of ether oxygens (including phenoxy) is 3. The summed E-state index contributed by atoms with van der Waals surface area (Å²) in [5.74, 6) is 0.460. The first-order valence-electron chi connectivity index (χ1n) is 9.41. The maximum absolute atomic E-state index is 12.6. The third-order valence-corrected chi connectivity index (χ3v) is 4.79. The van der Waals surface area contributed by atoms with E-state index in [0.717, 1.165) is 6.42 Å². The number of amides is 2. The van der Waals surface area contributed by atoms with E-state index in [0.29, 0.717) is 31.9 Å². The Labute approximate surface area is 165 Å². The normalized spacial score (nSPS) is 17.5. The van der Waals surface area contributed by atoms with E-state index in [1.807, 2.05) is 13.0 Å². The van der Waals surface area contributed by atoms with E-state index < -0.39 is 0 Å². The second-order valence-electron chi connectivity index (χ2n) is 6.55. The highest BCUT2D eigenvalue weighted by Crippen LogP contribution is 2.25. The molecule has 2 atom stereocenters. The monoisotopic (exact) mass is 391 g/mol. The Kier molecular flexibility index (Phi) is 8.25. The van der Waals surface area contributed by atoms with Crippen LogP contribution >= 0.6 is 0 Å². The number of aromatic nitrogens is 1. The van der Waals surface area contributed by atoms with E-state index in [1.54, 1.807) is 11.0 Å². The first-order valence-corrected chi connectivity index (χ1v) is 9.41. The van der Waals surface area contributed by atoms with Crippen molar-refractivity contribution in [2.75, 3.05) is 40.5 Å². The first kappa shape index (κ1) is 21.7. The number of morpholine rings is 1. The molecule has 1 N–H and O–H groups in total.